The van der Waals surface area contributed by atoms with Gasteiger partial charge in [-0.2, -0.15) is 0 Å². The van der Waals surface area contributed by atoms with Gasteiger partial charge in [-0.3, -0.25) is 4.90 Å². The predicted octanol–water partition coefficient (Wildman–Crippen LogP) is 2.02. The van der Waals surface area contributed by atoms with Gasteiger partial charge < -0.3 is 10.5 Å². The van der Waals surface area contributed by atoms with Gasteiger partial charge in [-0.1, -0.05) is 23.8 Å². The van der Waals surface area contributed by atoms with E-state index in [0.717, 1.165) is 19.6 Å². The molecule has 0 bridgehead atoms. The molecule has 0 aliphatic carbocycles. The lowest BCUT2D eigenvalue weighted by atomic mass is 9.97. The van der Waals surface area contributed by atoms with Gasteiger partial charge in [0.1, 0.15) is 0 Å². The number of nitrogens with two attached hydrogens (primary N) is 1. The zero-order valence-electron chi connectivity index (χ0n) is 11.6. The molecule has 0 saturated carbocycles. The molecule has 1 heterocycles. The molecule has 18 heavy (non-hydrogen) atoms. The smallest absolute Gasteiger partial charge is 0.0622 e. The van der Waals surface area contributed by atoms with E-state index in [-0.39, 0.29) is 6.04 Å². The molecule has 100 valence electrons. The van der Waals surface area contributed by atoms with E-state index in [1.54, 1.807) is 0 Å². The Bertz CT molecular complexity index is 399. The van der Waals surface area contributed by atoms with Crippen LogP contribution in [0.5, 0.6) is 0 Å². The van der Waals surface area contributed by atoms with Crippen LogP contribution in [-0.4, -0.2) is 37.7 Å². The lowest BCUT2D eigenvalue weighted by Crippen LogP contribution is -2.39. The normalized spacial score (nSPS) is 21.5. The summed E-state index contributed by atoms with van der Waals surface area (Å²) >= 11 is 0. The first-order valence-electron chi connectivity index (χ1n) is 6.70. The molecule has 1 fully saturated rings. The molecule has 0 aromatic heterocycles. The third-order valence-electron chi connectivity index (χ3n) is 3.99. The molecule has 1 aromatic rings. The molecule has 3 heteroatoms. The maximum atomic E-state index is 6.01. The first-order valence-corrected chi connectivity index (χ1v) is 6.70. The summed E-state index contributed by atoms with van der Waals surface area (Å²) in [5, 5.41) is 0. The minimum absolute atomic E-state index is 0.289. The molecule has 0 spiro atoms. The summed E-state index contributed by atoms with van der Waals surface area (Å²) in [5.41, 5.74) is 9.98. The lowest BCUT2D eigenvalue weighted by molar-refractivity contribution is 0.134. The van der Waals surface area contributed by atoms with E-state index >= 15 is 0 Å². The molecule has 1 aliphatic heterocycles. The number of hydrogen-bond acceptors (Lipinski definition) is 3. The number of benzene rings is 1. The Morgan fingerprint density at radius 2 is 2.22 bits per heavy atom. The van der Waals surface area contributed by atoms with E-state index in [0.29, 0.717) is 12.6 Å². The van der Waals surface area contributed by atoms with Gasteiger partial charge in [-0.25, -0.2) is 0 Å². The van der Waals surface area contributed by atoms with E-state index in [2.05, 4.69) is 44.0 Å². The Kier molecular flexibility index (Phi) is 4.38. The van der Waals surface area contributed by atoms with Crippen LogP contribution in [0.15, 0.2) is 18.2 Å². The molecule has 1 aliphatic rings. The summed E-state index contributed by atoms with van der Waals surface area (Å²) in [6.07, 6.45) is 1.11. The fourth-order valence-corrected chi connectivity index (χ4v) is 2.73. The van der Waals surface area contributed by atoms with Crippen LogP contribution in [0.2, 0.25) is 0 Å². The first kappa shape index (κ1) is 13.5. The molecule has 1 aromatic carbocycles. The van der Waals surface area contributed by atoms with Gasteiger partial charge in [0.15, 0.2) is 0 Å². The molecule has 2 rings (SSSR count). The van der Waals surface area contributed by atoms with Crippen molar-refractivity contribution in [3.05, 3.63) is 34.9 Å². The van der Waals surface area contributed by atoms with Crippen LogP contribution >= 0.6 is 0 Å². The van der Waals surface area contributed by atoms with Crippen LogP contribution in [-0.2, 0) is 4.74 Å². The van der Waals surface area contributed by atoms with Crippen molar-refractivity contribution in [2.24, 2.45) is 5.73 Å². The van der Waals surface area contributed by atoms with Crippen molar-refractivity contribution in [2.75, 3.05) is 26.8 Å². The molecular formula is C15H24N2O. The van der Waals surface area contributed by atoms with E-state index in [4.69, 9.17) is 10.5 Å². The highest BCUT2D eigenvalue weighted by Gasteiger charge is 2.27. The fourth-order valence-electron chi connectivity index (χ4n) is 2.73. The molecule has 1 saturated heterocycles. The fraction of sp³-hybridized carbons (Fsp3) is 0.600. The van der Waals surface area contributed by atoms with Crippen molar-refractivity contribution in [1.82, 2.24) is 4.90 Å². The van der Waals surface area contributed by atoms with Gasteiger partial charge in [-0.15, -0.1) is 0 Å². The van der Waals surface area contributed by atoms with Crippen molar-refractivity contribution in [1.29, 1.82) is 0 Å². The van der Waals surface area contributed by atoms with Gasteiger partial charge in [0, 0.05) is 25.2 Å². The monoisotopic (exact) mass is 248 g/mol. The van der Waals surface area contributed by atoms with Crippen LogP contribution in [0.25, 0.3) is 0 Å². The Morgan fingerprint density at radius 1 is 1.44 bits per heavy atom. The second-order valence-electron chi connectivity index (χ2n) is 5.29. The SMILES string of the molecule is Cc1ccc(C)c(C(CN)N(C)C2CCOC2)c1. The average molecular weight is 248 g/mol. The van der Waals surface area contributed by atoms with Gasteiger partial charge in [0.25, 0.3) is 0 Å². The predicted molar refractivity (Wildman–Crippen MR) is 74.7 cm³/mol. The summed E-state index contributed by atoms with van der Waals surface area (Å²) in [7, 11) is 2.17. The van der Waals surface area contributed by atoms with Gasteiger partial charge >= 0.3 is 0 Å². The first-order chi connectivity index (χ1) is 8.63. The highest BCUT2D eigenvalue weighted by Crippen LogP contribution is 2.27. The summed E-state index contributed by atoms with van der Waals surface area (Å²) in [6, 6.07) is 7.39. The maximum absolute atomic E-state index is 6.01. The van der Waals surface area contributed by atoms with Crippen molar-refractivity contribution in [3.63, 3.8) is 0 Å². The number of hydrogen-bond donors (Lipinski definition) is 1. The van der Waals surface area contributed by atoms with Crippen LogP contribution in [0.1, 0.15) is 29.2 Å². The Balaban J connectivity index is 2.23. The van der Waals surface area contributed by atoms with Crippen molar-refractivity contribution < 1.29 is 4.74 Å². The van der Waals surface area contributed by atoms with Gasteiger partial charge in [0.05, 0.1) is 6.61 Å². The summed E-state index contributed by atoms with van der Waals surface area (Å²) < 4.78 is 5.48. The van der Waals surface area contributed by atoms with E-state index in [1.165, 1.54) is 16.7 Å². The Labute approximate surface area is 110 Å². The van der Waals surface area contributed by atoms with Crippen LogP contribution in [0.4, 0.5) is 0 Å². The number of rotatable bonds is 4. The molecule has 2 N–H and O–H groups in total. The number of likely N-dealkylation sites (N-methyl/N-ethyl adjacent to an activating group) is 1. The highest BCUT2D eigenvalue weighted by atomic mass is 16.5. The Morgan fingerprint density at radius 3 is 2.83 bits per heavy atom. The molecule has 0 radical (unpaired) electrons. The zero-order chi connectivity index (χ0) is 13.1. The largest absolute Gasteiger partial charge is 0.380 e. The minimum atomic E-state index is 0.289. The highest BCUT2D eigenvalue weighted by molar-refractivity contribution is 5.33. The average Bonchev–Trinajstić information content (AvgIpc) is 2.88. The summed E-state index contributed by atoms with van der Waals surface area (Å²) in [4.78, 5) is 2.38. The Hall–Kier alpha value is -0.900. The third kappa shape index (κ3) is 2.74. The standard InChI is InChI=1S/C15H24N2O/c1-11-4-5-12(2)14(8-11)15(9-16)17(3)13-6-7-18-10-13/h4-5,8,13,15H,6-7,9-10,16H2,1-3H3. The number of aryl methyl sites for hydroxylation is 2. The van der Waals surface area contributed by atoms with Crippen molar-refractivity contribution in [3.8, 4) is 0 Å². The van der Waals surface area contributed by atoms with Crippen molar-refractivity contribution in [2.45, 2.75) is 32.4 Å². The van der Waals surface area contributed by atoms with Gasteiger partial charge in [-0.05, 0) is 38.4 Å². The van der Waals surface area contributed by atoms with Crippen molar-refractivity contribution >= 4 is 0 Å². The third-order valence-corrected chi connectivity index (χ3v) is 3.99. The quantitative estimate of drug-likeness (QED) is 0.886. The molecule has 2 unspecified atom stereocenters. The topological polar surface area (TPSA) is 38.5 Å². The van der Waals surface area contributed by atoms with Crippen LogP contribution in [0, 0.1) is 13.8 Å². The molecule has 3 nitrogen and oxygen atoms in total. The number of ether oxygens (including phenoxy) is 1. The lowest BCUT2D eigenvalue weighted by Gasteiger charge is -2.33. The number of nitrogens with zero attached hydrogens (tertiary/aromatic N) is 1. The summed E-state index contributed by atoms with van der Waals surface area (Å²) in [5.74, 6) is 0. The second kappa shape index (κ2) is 5.83. The van der Waals surface area contributed by atoms with E-state index in [1.807, 2.05) is 0 Å². The van der Waals surface area contributed by atoms with E-state index < -0.39 is 0 Å². The summed E-state index contributed by atoms with van der Waals surface area (Å²) in [6.45, 7) is 6.65. The van der Waals surface area contributed by atoms with Crippen LogP contribution < -0.4 is 5.73 Å². The maximum Gasteiger partial charge on any atom is 0.0622 e. The van der Waals surface area contributed by atoms with Crippen LogP contribution in [0.3, 0.4) is 0 Å². The molecule has 0 amide bonds. The molecule has 2 atom stereocenters. The van der Waals surface area contributed by atoms with Gasteiger partial charge in [0.2, 0.25) is 0 Å². The van der Waals surface area contributed by atoms with E-state index in [9.17, 15) is 0 Å². The second-order valence-corrected chi connectivity index (χ2v) is 5.29. The molecular weight excluding hydrogens is 224 g/mol. The minimum Gasteiger partial charge on any atom is -0.380 e. The zero-order valence-corrected chi connectivity index (χ0v) is 11.6.